The Morgan fingerprint density at radius 2 is 2.04 bits per heavy atom. The molecule has 0 aromatic carbocycles. The lowest BCUT2D eigenvalue weighted by molar-refractivity contribution is -0.146. The fraction of sp³-hybridized carbons (Fsp3) is 0.727. The Labute approximate surface area is 163 Å². The Bertz CT molecular complexity index is 618. The zero-order valence-corrected chi connectivity index (χ0v) is 17.2. The van der Waals surface area contributed by atoms with Crippen LogP contribution in [0, 0.1) is 17.3 Å². The van der Waals surface area contributed by atoms with E-state index in [4.69, 9.17) is 18.9 Å². The van der Waals surface area contributed by atoms with Crippen molar-refractivity contribution in [1.29, 1.82) is 0 Å². The second-order valence-corrected chi connectivity index (χ2v) is 8.88. The van der Waals surface area contributed by atoms with Gasteiger partial charge in [-0.15, -0.1) is 6.58 Å². The smallest absolute Gasteiger partial charge is 0.164 e. The summed E-state index contributed by atoms with van der Waals surface area (Å²) in [6, 6.07) is 0. The van der Waals surface area contributed by atoms with Gasteiger partial charge in [-0.1, -0.05) is 31.6 Å². The van der Waals surface area contributed by atoms with Crippen LogP contribution in [0.25, 0.3) is 0 Å². The minimum absolute atomic E-state index is 0.0222. The summed E-state index contributed by atoms with van der Waals surface area (Å²) < 4.78 is 23.2. The third-order valence-electron chi connectivity index (χ3n) is 6.34. The molecule has 0 unspecified atom stereocenters. The maximum Gasteiger partial charge on any atom is 0.164 e. The molecule has 1 saturated heterocycles. The minimum atomic E-state index is -0.664. The van der Waals surface area contributed by atoms with E-state index < -0.39 is 5.79 Å². The van der Waals surface area contributed by atoms with E-state index in [1.165, 1.54) is 5.57 Å². The van der Waals surface area contributed by atoms with Crippen LogP contribution in [0.2, 0.25) is 0 Å². The molecule has 1 heterocycles. The summed E-state index contributed by atoms with van der Waals surface area (Å²) in [5.41, 5.74) is 1.40. The van der Waals surface area contributed by atoms with Crippen LogP contribution in [0.1, 0.15) is 47.0 Å². The number of hydrogen-bond acceptors (Lipinski definition) is 5. The minimum Gasteiger partial charge on any atom is -0.510 e. The average Bonchev–Trinajstić information content (AvgIpc) is 3.08. The average molecular weight is 379 g/mol. The van der Waals surface area contributed by atoms with E-state index in [0.29, 0.717) is 0 Å². The molecule has 3 aliphatic rings. The molecular formula is C22H34O5. The Kier molecular flexibility index (Phi) is 5.88. The molecule has 5 atom stereocenters. The van der Waals surface area contributed by atoms with Crippen LogP contribution in [0.5, 0.6) is 0 Å². The monoisotopic (exact) mass is 378 g/mol. The molecular weight excluding hydrogens is 344 g/mol. The summed E-state index contributed by atoms with van der Waals surface area (Å²) >= 11 is 0. The van der Waals surface area contributed by atoms with Crippen molar-refractivity contribution in [3.63, 3.8) is 0 Å². The Hall–Kier alpha value is -1.14. The predicted octanol–water partition coefficient (Wildman–Crippen LogP) is 4.51. The summed E-state index contributed by atoms with van der Waals surface area (Å²) in [5.74, 6) is -0.210. The molecule has 27 heavy (non-hydrogen) atoms. The van der Waals surface area contributed by atoms with Gasteiger partial charge in [-0.25, -0.2) is 0 Å². The number of aliphatic hydroxyl groups is 1. The molecule has 152 valence electrons. The molecule has 3 rings (SSSR count). The highest BCUT2D eigenvalue weighted by atomic mass is 16.8. The molecule has 5 nitrogen and oxygen atoms in total. The second kappa shape index (κ2) is 7.70. The fourth-order valence-electron chi connectivity index (χ4n) is 4.90. The van der Waals surface area contributed by atoms with Crippen LogP contribution < -0.4 is 0 Å². The first kappa shape index (κ1) is 20.6. The van der Waals surface area contributed by atoms with Crippen molar-refractivity contribution >= 4 is 0 Å². The topological polar surface area (TPSA) is 57.2 Å². The molecule has 0 radical (unpaired) electrons. The molecule has 0 spiro atoms. The van der Waals surface area contributed by atoms with Gasteiger partial charge >= 0.3 is 0 Å². The molecule has 2 bridgehead atoms. The second-order valence-electron chi connectivity index (χ2n) is 8.88. The van der Waals surface area contributed by atoms with Gasteiger partial charge in [0.15, 0.2) is 5.79 Å². The van der Waals surface area contributed by atoms with Gasteiger partial charge in [0.1, 0.15) is 24.8 Å². The highest BCUT2D eigenvalue weighted by Gasteiger charge is 2.48. The third kappa shape index (κ3) is 4.02. The maximum atomic E-state index is 11.0. The van der Waals surface area contributed by atoms with E-state index in [0.717, 1.165) is 19.3 Å². The van der Waals surface area contributed by atoms with Gasteiger partial charge < -0.3 is 24.1 Å². The quantitative estimate of drug-likeness (QED) is 0.564. The molecule has 0 aromatic rings. The van der Waals surface area contributed by atoms with E-state index in [1.807, 2.05) is 19.9 Å². The Balaban J connectivity index is 1.96. The van der Waals surface area contributed by atoms with Crippen LogP contribution in [0.15, 0.2) is 36.1 Å². The molecule has 2 fully saturated rings. The van der Waals surface area contributed by atoms with Gasteiger partial charge in [0, 0.05) is 18.9 Å². The number of aliphatic hydroxyl groups excluding tert-OH is 1. The largest absolute Gasteiger partial charge is 0.510 e. The fourth-order valence-corrected chi connectivity index (χ4v) is 4.90. The molecule has 1 saturated carbocycles. The third-order valence-corrected chi connectivity index (χ3v) is 6.34. The number of hydrogen-bond donors (Lipinski definition) is 1. The zero-order chi connectivity index (χ0) is 19.8. The van der Waals surface area contributed by atoms with Crippen molar-refractivity contribution < 1.29 is 24.1 Å². The predicted molar refractivity (Wildman–Crippen MR) is 104 cm³/mol. The Morgan fingerprint density at radius 1 is 1.30 bits per heavy atom. The van der Waals surface area contributed by atoms with Crippen molar-refractivity contribution in [3.05, 3.63) is 36.1 Å². The molecule has 2 aliphatic carbocycles. The number of rotatable bonds is 5. The van der Waals surface area contributed by atoms with Gasteiger partial charge in [0.25, 0.3) is 0 Å². The van der Waals surface area contributed by atoms with Crippen molar-refractivity contribution in [2.75, 3.05) is 13.9 Å². The molecule has 0 aromatic heterocycles. The van der Waals surface area contributed by atoms with E-state index in [-0.39, 0.29) is 48.1 Å². The Morgan fingerprint density at radius 3 is 2.70 bits per heavy atom. The summed E-state index contributed by atoms with van der Waals surface area (Å²) in [6.07, 6.45) is 8.06. The highest BCUT2D eigenvalue weighted by Crippen LogP contribution is 2.51. The lowest BCUT2D eigenvalue weighted by Gasteiger charge is -2.34. The maximum absolute atomic E-state index is 11.0. The lowest BCUT2D eigenvalue weighted by Crippen LogP contribution is -2.35. The summed E-state index contributed by atoms with van der Waals surface area (Å²) in [7, 11) is 1.60. The van der Waals surface area contributed by atoms with Crippen LogP contribution in [0.3, 0.4) is 0 Å². The first-order valence-electron chi connectivity index (χ1n) is 9.88. The number of methoxy groups -OCH3 is 1. The van der Waals surface area contributed by atoms with E-state index in [9.17, 15) is 5.11 Å². The van der Waals surface area contributed by atoms with Crippen molar-refractivity contribution in [2.24, 2.45) is 17.3 Å². The number of allylic oxidation sites excluding steroid dienone is 2. The lowest BCUT2D eigenvalue weighted by atomic mass is 9.75. The van der Waals surface area contributed by atoms with E-state index in [2.05, 4.69) is 26.5 Å². The molecule has 0 amide bonds. The van der Waals surface area contributed by atoms with Crippen LogP contribution in [-0.4, -0.2) is 43.1 Å². The summed E-state index contributed by atoms with van der Waals surface area (Å²) in [6.45, 7) is 12.4. The van der Waals surface area contributed by atoms with Gasteiger partial charge in [-0.05, 0) is 44.6 Å². The molecule has 5 heteroatoms. The van der Waals surface area contributed by atoms with E-state index >= 15 is 0 Å². The van der Waals surface area contributed by atoms with Gasteiger partial charge in [-0.2, -0.15) is 0 Å². The highest BCUT2D eigenvalue weighted by molar-refractivity contribution is 5.25. The molecule has 1 aliphatic heterocycles. The van der Waals surface area contributed by atoms with Gasteiger partial charge in [0.05, 0.1) is 6.10 Å². The number of ether oxygens (including phenoxy) is 4. The normalized spacial score (nSPS) is 41.6. The first-order valence-corrected chi connectivity index (χ1v) is 9.88. The number of fused-ring (bicyclic) bond motifs is 2. The van der Waals surface area contributed by atoms with Crippen LogP contribution in [0.4, 0.5) is 0 Å². The first-order chi connectivity index (χ1) is 12.7. The van der Waals surface area contributed by atoms with Crippen molar-refractivity contribution in [3.8, 4) is 0 Å². The van der Waals surface area contributed by atoms with Crippen LogP contribution in [-0.2, 0) is 18.9 Å². The van der Waals surface area contributed by atoms with Gasteiger partial charge in [0.2, 0.25) is 0 Å². The summed E-state index contributed by atoms with van der Waals surface area (Å²) in [4.78, 5) is 0. The van der Waals surface area contributed by atoms with Crippen LogP contribution >= 0.6 is 0 Å². The van der Waals surface area contributed by atoms with Crippen molar-refractivity contribution in [1.82, 2.24) is 0 Å². The standard InChI is InChI=1S/C22H34O5/c1-7-18-19(27-22(4,5)26-18)14-8-9-15-10-11-16(21(15,2)3)20(17(23)12-14)25-13-24-6/h7,9,12,14,16,18-20,23H,1,8,10-11,13H2,2-6H3/b15-9-,17-12+/t14-,16+,18+,19-,20+/m0/s1. The summed E-state index contributed by atoms with van der Waals surface area (Å²) in [5, 5.41) is 11.0. The van der Waals surface area contributed by atoms with E-state index in [1.54, 1.807) is 13.2 Å². The van der Waals surface area contributed by atoms with Gasteiger partial charge in [-0.3, -0.25) is 0 Å². The molecule has 1 N–H and O–H groups in total. The SMILES string of the molecule is C=C[C@H]1OC(C)(C)O[C@H]1[C@@H]1/C=C(/O)[C@H](OCOC)[C@H]2CC/C(=C/C1)C2(C)C. The van der Waals surface area contributed by atoms with Crippen molar-refractivity contribution in [2.45, 2.75) is 71.1 Å². The zero-order valence-electron chi connectivity index (χ0n) is 17.2.